The van der Waals surface area contributed by atoms with Crippen LogP contribution in [0.1, 0.15) is 40.9 Å². The zero-order valence-electron chi connectivity index (χ0n) is 11.1. The van der Waals surface area contributed by atoms with Crippen LogP contribution in [0.25, 0.3) is 0 Å². The highest BCUT2D eigenvalue weighted by Gasteiger charge is 2.36. The van der Waals surface area contributed by atoms with Gasteiger partial charge in [-0.1, -0.05) is 0 Å². The lowest BCUT2D eigenvalue weighted by molar-refractivity contribution is 0.0923. The number of imidazole rings is 2. The summed E-state index contributed by atoms with van der Waals surface area (Å²) in [6.07, 6.45) is 7.47. The first-order valence-electron chi connectivity index (χ1n) is 6.45. The quantitative estimate of drug-likeness (QED) is 0.869. The first kappa shape index (κ1) is 12.0. The Labute approximate surface area is 111 Å². The summed E-state index contributed by atoms with van der Waals surface area (Å²) in [5.41, 5.74) is 1.24. The van der Waals surface area contributed by atoms with Crippen molar-refractivity contribution in [2.45, 2.75) is 25.8 Å². The summed E-state index contributed by atoms with van der Waals surface area (Å²) in [4.78, 5) is 23.6. The minimum absolute atomic E-state index is 0.0244. The molecule has 0 unspecified atom stereocenters. The standard InChI is InChI=1S/C13H17N5O/c1-8-10(16-7-15-8)13(19)17-11(9-3-4-9)12-14-5-6-18(12)2/h5-7,9,11H,3-4H2,1-2H3,(H,15,16)(H,17,19)/t11-/m1/s1. The lowest BCUT2D eigenvalue weighted by atomic mass is 10.1. The Morgan fingerprint density at radius 3 is 2.84 bits per heavy atom. The van der Waals surface area contributed by atoms with Gasteiger partial charge in [0.2, 0.25) is 0 Å². The van der Waals surface area contributed by atoms with E-state index in [2.05, 4.69) is 20.3 Å². The summed E-state index contributed by atoms with van der Waals surface area (Å²) < 4.78 is 1.96. The van der Waals surface area contributed by atoms with E-state index in [1.807, 2.05) is 24.7 Å². The number of nitrogens with zero attached hydrogens (tertiary/aromatic N) is 3. The van der Waals surface area contributed by atoms with Crippen LogP contribution in [-0.4, -0.2) is 25.4 Å². The van der Waals surface area contributed by atoms with Gasteiger partial charge in [-0.05, 0) is 25.7 Å². The first-order valence-corrected chi connectivity index (χ1v) is 6.45. The monoisotopic (exact) mass is 259 g/mol. The number of aromatic amines is 1. The Morgan fingerprint density at radius 2 is 2.32 bits per heavy atom. The number of H-pyrrole nitrogens is 1. The van der Waals surface area contributed by atoms with Crippen molar-refractivity contribution in [2.75, 3.05) is 0 Å². The highest BCUT2D eigenvalue weighted by Crippen LogP contribution is 2.40. The fourth-order valence-electron chi connectivity index (χ4n) is 2.30. The number of carbonyl (C=O) groups excluding carboxylic acids is 1. The van der Waals surface area contributed by atoms with E-state index in [9.17, 15) is 4.79 Å². The number of nitrogens with one attached hydrogen (secondary N) is 2. The van der Waals surface area contributed by atoms with Crippen molar-refractivity contribution in [2.24, 2.45) is 13.0 Å². The van der Waals surface area contributed by atoms with Gasteiger partial charge in [-0.2, -0.15) is 0 Å². The number of hydrogen-bond acceptors (Lipinski definition) is 3. The fourth-order valence-corrected chi connectivity index (χ4v) is 2.30. The summed E-state index contributed by atoms with van der Waals surface area (Å²) >= 11 is 0. The molecule has 0 radical (unpaired) electrons. The molecule has 6 heteroatoms. The summed E-state index contributed by atoms with van der Waals surface area (Å²) in [5, 5.41) is 3.06. The third-order valence-corrected chi connectivity index (χ3v) is 3.56. The van der Waals surface area contributed by atoms with Gasteiger partial charge in [-0.15, -0.1) is 0 Å². The molecule has 6 nitrogen and oxygen atoms in total. The van der Waals surface area contributed by atoms with Gasteiger partial charge in [-0.25, -0.2) is 9.97 Å². The molecule has 1 fully saturated rings. The molecule has 0 aromatic carbocycles. The number of aromatic nitrogens is 4. The minimum Gasteiger partial charge on any atom is -0.348 e. The van der Waals surface area contributed by atoms with Crippen molar-refractivity contribution in [3.8, 4) is 0 Å². The van der Waals surface area contributed by atoms with Gasteiger partial charge in [0.15, 0.2) is 0 Å². The van der Waals surface area contributed by atoms with Crippen LogP contribution in [0.3, 0.4) is 0 Å². The van der Waals surface area contributed by atoms with Crippen molar-refractivity contribution in [3.05, 3.63) is 35.9 Å². The summed E-state index contributed by atoms with van der Waals surface area (Å²) in [7, 11) is 1.95. The molecule has 1 atom stereocenters. The van der Waals surface area contributed by atoms with Crippen molar-refractivity contribution >= 4 is 5.91 Å². The van der Waals surface area contributed by atoms with Crippen LogP contribution in [0.5, 0.6) is 0 Å². The molecule has 2 heterocycles. The Balaban J connectivity index is 1.81. The van der Waals surface area contributed by atoms with Gasteiger partial charge < -0.3 is 14.9 Å². The van der Waals surface area contributed by atoms with E-state index in [0.717, 1.165) is 24.4 Å². The lowest BCUT2D eigenvalue weighted by Gasteiger charge is -2.17. The van der Waals surface area contributed by atoms with Crippen molar-refractivity contribution in [1.82, 2.24) is 24.8 Å². The van der Waals surface area contributed by atoms with Crippen LogP contribution in [0.2, 0.25) is 0 Å². The Bertz CT molecular complexity index is 596. The zero-order chi connectivity index (χ0) is 13.4. The van der Waals surface area contributed by atoms with E-state index in [0.29, 0.717) is 11.6 Å². The number of hydrogen-bond donors (Lipinski definition) is 2. The van der Waals surface area contributed by atoms with E-state index < -0.39 is 0 Å². The number of amides is 1. The molecule has 19 heavy (non-hydrogen) atoms. The second kappa shape index (κ2) is 4.53. The molecular weight excluding hydrogens is 242 g/mol. The smallest absolute Gasteiger partial charge is 0.272 e. The Morgan fingerprint density at radius 1 is 1.53 bits per heavy atom. The molecule has 1 aliphatic rings. The topological polar surface area (TPSA) is 75.6 Å². The van der Waals surface area contributed by atoms with Gasteiger partial charge in [0.25, 0.3) is 5.91 Å². The average Bonchev–Trinajstić information content (AvgIpc) is 3.00. The van der Waals surface area contributed by atoms with Crippen molar-refractivity contribution in [3.63, 3.8) is 0 Å². The van der Waals surface area contributed by atoms with Gasteiger partial charge >= 0.3 is 0 Å². The van der Waals surface area contributed by atoms with Crippen molar-refractivity contribution < 1.29 is 4.79 Å². The predicted octanol–water partition coefficient (Wildman–Crippen LogP) is 1.33. The summed E-state index contributed by atoms with van der Waals surface area (Å²) in [6.45, 7) is 1.84. The molecule has 1 saturated carbocycles. The van der Waals surface area contributed by atoms with Crippen LogP contribution in [0, 0.1) is 12.8 Å². The van der Waals surface area contributed by atoms with E-state index in [1.54, 1.807) is 6.20 Å². The lowest BCUT2D eigenvalue weighted by Crippen LogP contribution is -2.32. The molecule has 2 aromatic heterocycles. The first-order chi connectivity index (χ1) is 9.16. The maximum Gasteiger partial charge on any atom is 0.272 e. The zero-order valence-corrected chi connectivity index (χ0v) is 11.1. The summed E-state index contributed by atoms with van der Waals surface area (Å²) in [5.74, 6) is 1.26. The number of rotatable bonds is 4. The van der Waals surface area contributed by atoms with E-state index in [1.165, 1.54) is 6.33 Å². The molecule has 0 bridgehead atoms. The molecule has 100 valence electrons. The maximum atomic E-state index is 12.2. The fraction of sp³-hybridized carbons (Fsp3) is 0.462. The largest absolute Gasteiger partial charge is 0.348 e. The molecule has 2 aromatic rings. The molecule has 0 saturated heterocycles. The molecule has 1 aliphatic carbocycles. The van der Waals surface area contributed by atoms with E-state index >= 15 is 0 Å². The minimum atomic E-state index is -0.140. The van der Waals surface area contributed by atoms with Gasteiger partial charge in [-0.3, -0.25) is 4.79 Å². The SMILES string of the molecule is Cc1[nH]cnc1C(=O)N[C@@H](c1nccn1C)C1CC1. The average molecular weight is 259 g/mol. The van der Waals surface area contributed by atoms with Gasteiger partial charge in [0.05, 0.1) is 12.4 Å². The van der Waals surface area contributed by atoms with Crippen LogP contribution < -0.4 is 5.32 Å². The van der Waals surface area contributed by atoms with Gasteiger partial charge in [0.1, 0.15) is 11.5 Å². The van der Waals surface area contributed by atoms with Crippen LogP contribution in [0.4, 0.5) is 0 Å². The normalized spacial score (nSPS) is 16.3. The van der Waals surface area contributed by atoms with E-state index in [4.69, 9.17) is 0 Å². The van der Waals surface area contributed by atoms with Crippen LogP contribution >= 0.6 is 0 Å². The predicted molar refractivity (Wildman–Crippen MR) is 69.5 cm³/mol. The molecule has 3 rings (SSSR count). The van der Waals surface area contributed by atoms with Crippen LogP contribution in [-0.2, 0) is 7.05 Å². The third kappa shape index (κ3) is 2.25. The van der Waals surface area contributed by atoms with E-state index in [-0.39, 0.29) is 11.9 Å². The highest BCUT2D eigenvalue weighted by atomic mass is 16.2. The second-order valence-corrected chi connectivity index (χ2v) is 5.06. The number of carbonyl (C=O) groups is 1. The Hall–Kier alpha value is -2.11. The highest BCUT2D eigenvalue weighted by molar-refractivity contribution is 5.93. The number of aryl methyl sites for hydroxylation is 2. The molecule has 0 spiro atoms. The van der Waals surface area contributed by atoms with Crippen molar-refractivity contribution in [1.29, 1.82) is 0 Å². The second-order valence-electron chi connectivity index (χ2n) is 5.06. The maximum absolute atomic E-state index is 12.2. The molecular formula is C13H17N5O. The molecule has 1 amide bonds. The van der Waals surface area contributed by atoms with Crippen LogP contribution in [0.15, 0.2) is 18.7 Å². The molecule has 0 aliphatic heterocycles. The molecule has 2 N–H and O–H groups in total. The summed E-state index contributed by atoms with van der Waals surface area (Å²) in [6, 6.07) is -0.0244. The third-order valence-electron chi connectivity index (χ3n) is 3.56. The Kier molecular flexibility index (Phi) is 2.85. The van der Waals surface area contributed by atoms with Gasteiger partial charge in [0, 0.05) is 25.1 Å².